The van der Waals surface area contributed by atoms with Crippen LogP contribution in [0.2, 0.25) is 0 Å². The first kappa shape index (κ1) is 12.7. The standard InChI is InChI=1S/C13H13BrN2O2S/c14-12-8-19-13(16-12)15-4-3-9-1-2-10-11(7-9)18-6-5-17-10/h1-2,7-8H,3-6H2,(H,15,16). The van der Waals surface area contributed by atoms with Gasteiger partial charge in [0, 0.05) is 11.9 Å². The van der Waals surface area contributed by atoms with Crippen LogP contribution in [0.1, 0.15) is 5.56 Å². The van der Waals surface area contributed by atoms with Crippen molar-refractivity contribution in [3.8, 4) is 11.5 Å². The van der Waals surface area contributed by atoms with E-state index in [0.29, 0.717) is 13.2 Å². The van der Waals surface area contributed by atoms with Gasteiger partial charge in [0.15, 0.2) is 16.6 Å². The van der Waals surface area contributed by atoms with Crippen LogP contribution in [0.4, 0.5) is 5.13 Å². The molecule has 1 aromatic carbocycles. The predicted octanol–water partition coefficient (Wildman–Crippen LogP) is 3.33. The lowest BCUT2D eigenvalue weighted by atomic mass is 10.1. The molecule has 2 heterocycles. The van der Waals surface area contributed by atoms with Gasteiger partial charge in [-0.2, -0.15) is 0 Å². The number of halogens is 1. The van der Waals surface area contributed by atoms with Crippen LogP contribution in [0.25, 0.3) is 0 Å². The minimum Gasteiger partial charge on any atom is -0.486 e. The maximum atomic E-state index is 5.57. The van der Waals surface area contributed by atoms with Crippen molar-refractivity contribution in [1.82, 2.24) is 4.98 Å². The highest BCUT2D eigenvalue weighted by molar-refractivity contribution is 9.10. The quantitative estimate of drug-likeness (QED) is 0.926. The fraction of sp³-hybridized carbons (Fsp3) is 0.308. The molecular weight excluding hydrogens is 328 g/mol. The van der Waals surface area contributed by atoms with Gasteiger partial charge in [-0.3, -0.25) is 0 Å². The van der Waals surface area contributed by atoms with E-state index in [2.05, 4.69) is 32.3 Å². The third-order valence-corrected chi connectivity index (χ3v) is 4.28. The fourth-order valence-corrected chi connectivity index (χ4v) is 3.07. The zero-order chi connectivity index (χ0) is 13.1. The topological polar surface area (TPSA) is 43.4 Å². The fourth-order valence-electron chi connectivity index (χ4n) is 1.89. The van der Waals surface area contributed by atoms with E-state index in [9.17, 15) is 0 Å². The molecule has 19 heavy (non-hydrogen) atoms. The van der Waals surface area contributed by atoms with E-state index < -0.39 is 0 Å². The number of ether oxygens (including phenoxy) is 2. The Labute approximate surface area is 123 Å². The lowest BCUT2D eigenvalue weighted by Crippen LogP contribution is -2.15. The van der Waals surface area contributed by atoms with E-state index in [1.807, 2.05) is 17.5 Å². The second-order valence-corrected chi connectivity index (χ2v) is 5.80. The summed E-state index contributed by atoms with van der Waals surface area (Å²) < 4.78 is 11.9. The van der Waals surface area contributed by atoms with Gasteiger partial charge in [-0.1, -0.05) is 6.07 Å². The third-order valence-electron chi connectivity index (χ3n) is 2.77. The highest BCUT2D eigenvalue weighted by atomic mass is 79.9. The molecule has 6 heteroatoms. The molecule has 2 aromatic rings. The molecule has 0 bridgehead atoms. The molecule has 0 saturated heterocycles. The highest BCUT2D eigenvalue weighted by Gasteiger charge is 2.11. The number of benzene rings is 1. The van der Waals surface area contributed by atoms with E-state index >= 15 is 0 Å². The monoisotopic (exact) mass is 340 g/mol. The molecule has 0 amide bonds. The summed E-state index contributed by atoms with van der Waals surface area (Å²) in [5, 5.41) is 6.20. The number of aromatic nitrogens is 1. The van der Waals surface area contributed by atoms with Crippen LogP contribution < -0.4 is 14.8 Å². The average Bonchev–Trinajstić information content (AvgIpc) is 2.84. The van der Waals surface area contributed by atoms with Gasteiger partial charge in [0.2, 0.25) is 0 Å². The van der Waals surface area contributed by atoms with E-state index in [4.69, 9.17) is 9.47 Å². The summed E-state index contributed by atoms with van der Waals surface area (Å²) in [6.07, 6.45) is 0.924. The Morgan fingerprint density at radius 1 is 1.26 bits per heavy atom. The third kappa shape index (κ3) is 3.19. The predicted molar refractivity (Wildman–Crippen MR) is 79.4 cm³/mol. The molecule has 1 aliphatic rings. The lowest BCUT2D eigenvalue weighted by Gasteiger charge is -2.18. The van der Waals surface area contributed by atoms with Gasteiger partial charge in [0.05, 0.1) is 0 Å². The van der Waals surface area contributed by atoms with Crippen LogP contribution in [0, 0.1) is 0 Å². The first-order valence-corrected chi connectivity index (χ1v) is 7.72. The largest absolute Gasteiger partial charge is 0.486 e. The number of thiazole rings is 1. The molecule has 0 fully saturated rings. The van der Waals surface area contributed by atoms with Crippen molar-refractivity contribution in [1.29, 1.82) is 0 Å². The van der Waals surface area contributed by atoms with Crippen molar-refractivity contribution in [2.75, 3.05) is 25.1 Å². The summed E-state index contributed by atoms with van der Waals surface area (Å²) in [6, 6.07) is 6.10. The van der Waals surface area contributed by atoms with Crippen molar-refractivity contribution < 1.29 is 9.47 Å². The molecule has 0 aliphatic carbocycles. The van der Waals surface area contributed by atoms with Crippen molar-refractivity contribution in [2.45, 2.75) is 6.42 Å². The van der Waals surface area contributed by atoms with Crippen LogP contribution in [0.15, 0.2) is 28.2 Å². The molecule has 100 valence electrons. The minimum atomic E-state index is 0.627. The number of hydrogen-bond acceptors (Lipinski definition) is 5. The van der Waals surface area contributed by atoms with E-state index in [1.165, 1.54) is 5.56 Å². The van der Waals surface area contributed by atoms with Crippen LogP contribution in [-0.4, -0.2) is 24.7 Å². The minimum absolute atomic E-state index is 0.627. The Morgan fingerprint density at radius 3 is 2.89 bits per heavy atom. The Kier molecular flexibility index (Phi) is 3.89. The van der Waals surface area contributed by atoms with Gasteiger partial charge in [-0.05, 0) is 40.0 Å². The normalized spacial score (nSPS) is 13.3. The van der Waals surface area contributed by atoms with E-state index in [1.54, 1.807) is 11.3 Å². The number of fused-ring (bicyclic) bond motifs is 1. The number of hydrogen-bond donors (Lipinski definition) is 1. The van der Waals surface area contributed by atoms with E-state index in [0.717, 1.165) is 34.2 Å². The summed E-state index contributed by atoms with van der Waals surface area (Å²) >= 11 is 4.93. The number of nitrogens with zero attached hydrogens (tertiary/aromatic N) is 1. The Bertz CT molecular complexity index is 574. The molecule has 0 radical (unpaired) electrons. The molecular formula is C13H13BrN2O2S. The van der Waals surface area contributed by atoms with Crippen molar-refractivity contribution in [2.24, 2.45) is 0 Å². The van der Waals surface area contributed by atoms with Gasteiger partial charge in [-0.25, -0.2) is 4.98 Å². The summed E-state index contributed by atoms with van der Waals surface area (Å²) in [6.45, 7) is 2.11. The smallest absolute Gasteiger partial charge is 0.183 e. The maximum Gasteiger partial charge on any atom is 0.183 e. The Morgan fingerprint density at radius 2 is 2.11 bits per heavy atom. The lowest BCUT2D eigenvalue weighted by molar-refractivity contribution is 0.171. The number of anilines is 1. The SMILES string of the molecule is Brc1csc(NCCc2ccc3c(c2)OCCO3)n1. The van der Waals surface area contributed by atoms with Gasteiger partial charge < -0.3 is 14.8 Å². The molecule has 4 nitrogen and oxygen atoms in total. The highest BCUT2D eigenvalue weighted by Crippen LogP contribution is 2.30. The zero-order valence-corrected chi connectivity index (χ0v) is 12.6. The molecule has 3 rings (SSSR count). The van der Waals surface area contributed by atoms with Crippen molar-refractivity contribution in [3.63, 3.8) is 0 Å². The molecule has 0 saturated carbocycles. The molecule has 1 aliphatic heterocycles. The number of rotatable bonds is 4. The van der Waals surface area contributed by atoms with Crippen LogP contribution in [-0.2, 0) is 6.42 Å². The van der Waals surface area contributed by atoms with Crippen molar-refractivity contribution >= 4 is 32.4 Å². The zero-order valence-electron chi connectivity index (χ0n) is 10.2. The molecule has 0 spiro atoms. The first-order chi connectivity index (χ1) is 9.31. The Hall–Kier alpha value is -1.27. The summed E-state index contributed by atoms with van der Waals surface area (Å²) in [7, 11) is 0. The van der Waals surface area contributed by atoms with Crippen LogP contribution in [0.5, 0.6) is 11.5 Å². The summed E-state index contributed by atoms with van der Waals surface area (Å²) in [4.78, 5) is 4.29. The van der Waals surface area contributed by atoms with Crippen LogP contribution in [0.3, 0.4) is 0 Å². The first-order valence-electron chi connectivity index (χ1n) is 6.05. The number of nitrogens with one attached hydrogen (secondary N) is 1. The second-order valence-electron chi connectivity index (χ2n) is 4.13. The van der Waals surface area contributed by atoms with Gasteiger partial charge in [-0.15, -0.1) is 11.3 Å². The molecule has 1 aromatic heterocycles. The maximum absolute atomic E-state index is 5.57. The molecule has 0 atom stereocenters. The van der Waals surface area contributed by atoms with Gasteiger partial charge in [0.25, 0.3) is 0 Å². The van der Waals surface area contributed by atoms with Gasteiger partial charge in [0.1, 0.15) is 17.8 Å². The summed E-state index contributed by atoms with van der Waals surface area (Å²) in [5.41, 5.74) is 1.23. The van der Waals surface area contributed by atoms with Crippen molar-refractivity contribution in [3.05, 3.63) is 33.7 Å². The molecule has 0 unspecified atom stereocenters. The molecule has 1 N–H and O–H groups in total. The summed E-state index contributed by atoms with van der Waals surface area (Å²) in [5.74, 6) is 1.69. The van der Waals surface area contributed by atoms with E-state index in [-0.39, 0.29) is 0 Å². The van der Waals surface area contributed by atoms with Crippen LogP contribution >= 0.6 is 27.3 Å². The Balaban J connectivity index is 1.58. The second kappa shape index (κ2) is 5.79. The van der Waals surface area contributed by atoms with Gasteiger partial charge >= 0.3 is 0 Å². The average molecular weight is 341 g/mol.